The number of carbonyl (C=O) groups is 2. The summed E-state index contributed by atoms with van der Waals surface area (Å²) in [5, 5.41) is 7.76. The zero-order valence-corrected chi connectivity index (χ0v) is 26.6. The van der Waals surface area contributed by atoms with E-state index in [0.29, 0.717) is 53.8 Å². The van der Waals surface area contributed by atoms with Crippen molar-refractivity contribution in [3.05, 3.63) is 106 Å². The molecule has 0 bridgehead atoms. The Labute approximate surface area is 270 Å². The molecule has 0 saturated carbocycles. The quantitative estimate of drug-likeness (QED) is 0.168. The van der Waals surface area contributed by atoms with Crippen molar-refractivity contribution >= 4 is 39.1 Å². The minimum atomic E-state index is -0.601. The second-order valence-electron chi connectivity index (χ2n) is 12.6. The van der Waals surface area contributed by atoms with E-state index < -0.39 is 5.91 Å². The van der Waals surface area contributed by atoms with Gasteiger partial charge in [-0.2, -0.15) is 0 Å². The Morgan fingerprint density at radius 3 is 2.72 bits per heavy atom. The van der Waals surface area contributed by atoms with E-state index in [2.05, 4.69) is 35.5 Å². The third kappa shape index (κ3) is 5.73. The van der Waals surface area contributed by atoms with Gasteiger partial charge in [-0.15, -0.1) is 11.3 Å². The van der Waals surface area contributed by atoms with Crippen molar-refractivity contribution in [3.63, 3.8) is 0 Å². The molecule has 0 fully saturated rings. The molecule has 0 radical (unpaired) electrons. The minimum Gasteiger partial charge on any atom is -0.366 e. The Hall–Kier alpha value is -4.70. The number of benzene rings is 1. The number of halogens is 1. The maximum absolute atomic E-state index is 13.9. The highest BCUT2D eigenvalue weighted by Crippen LogP contribution is 2.43. The van der Waals surface area contributed by atoms with E-state index in [-0.39, 0.29) is 29.7 Å². The molecule has 4 N–H and O–H groups in total. The first kappa shape index (κ1) is 30.0. The van der Waals surface area contributed by atoms with Gasteiger partial charge in [0.2, 0.25) is 0 Å². The van der Waals surface area contributed by atoms with Gasteiger partial charge >= 0.3 is 0 Å². The summed E-state index contributed by atoms with van der Waals surface area (Å²) in [6, 6.07) is 14.4. The average molecular weight is 635 g/mol. The lowest BCUT2D eigenvalue weighted by molar-refractivity contribution is 0.0922. The van der Waals surface area contributed by atoms with Crippen LogP contribution in [0.15, 0.2) is 60.9 Å². The molecule has 0 saturated heterocycles. The third-order valence-corrected chi connectivity index (χ3v) is 10.0. The number of hydrogen-bond donors (Lipinski definition) is 3. The maximum atomic E-state index is 13.9. The summed E-state index contributed by atoms with van der Waals surface area (Å²) in [5.41, 5.74) is 11.9. The SMILES string of the molecule is CC(C)Cc1nc2c(c(-c3cc4ccnc(N[C@H]5CCc6ncccc65)c4s3)c1C(N)=O)C(=O)N[C@H](CCc1ccc(F)cc1)C2. The topological polar surface area (TPSA) is 123 Å². The number of nitrogens with one attached hydrogen (secondary N) is 2. The number of nitrogens with two attached hydrogens (primary N) is 1. The Morgan fingerprint density at radius 1 is 1.11 bits per heavy atom. The smallest absolute Gasteiger partial charge is 0.254 e. The molecule has 4 aromatic heterocycles. The van der Waals surface area contributed by atoms with E-state index in [1.807, 2.05) is 24.4 Å². The predicted molar refractivity (Wildman–Crippen MR) is 179 cm³/mol. The highest BCUT2D eigenvalue weighted by Gasteiger charge is 2.34. The van der Waals surface area contributed by atoms with Gasteiger partial charge in [0.25, 0.3) is 11.8 Å². The fourth-order valence-electron chi connectivity index (χ4n) is 6.75. The number of anilines is 1. The number of pyridine rings is 3. The second-order valence-corrected chi connectivity index (χ2v) is 13.6. The minimum absolute atomic E-state index is 0.0949. The summed E-state index contributed by atoms with van der Waals surface area (Å²) >= 11 is 1.50. The van der Waals surface area contributed by atoms with Crippen LogP contribution in [0.4, 0.5) is 10.2 Å². The maximum Gasteiger partial charge on any atom is 0.254 e. The number of thiophene rings is 1. The Morgan fingerprint density at radius 2 is 1.93 bits per heavy atom. The average Bonchev–Trinajstić information content (AvgIpc) is 3.65. The van der Waals surface area contributed by atoms with E-state index in [4.69, 9.17) is 15.7 Å². The van der Waals surface area contributed by atoms with Crippen LogP contribution < -0.4 is 16.4 Å². The van der Waals surface area contributed by atoms with Gasteiger partial charge in [-0.1, -0.05) is 32.0 Å². The van der Waals surface area contributed by atoms with Crippen LogP contribution >= 0.6 is 11.3 Å². The van der Waals surface area contributed by atoms with Crippen LogP contribution in [-0.4, -0.2) is 32.8 Å². The highest BCUT2D eigenvalue weighted by molar-refractivity contribution is 7.22. The molecule has 8 nitrogen and oxygen atoms in total. The first-order valence-electron chi connectivity index (χ1n) is 15.7. The number of carbonyl (C=O) groups excluding carboxylic acids is 2. The summed E-state index contributed by atoms with van der Waals surface area (Å²) in [4.78, 5) is 42.0. The van der Waals surface area contributed by atoms with Gasteiger partial charge in [0.1, 0.15) is 11.6 Å². The monoisotopic (exact) mass is 634 g/mol. The fourth-order valence-corrected chi connectivity index (χ4v) is 7.92. The molecule has 234 valence electrons. The van der Waals surface area contributed by atoms with Crippen molar-refractivity contribution < 1.29 is 14.0 Å². The van der Waals surface area contributed by atoms with Gasteiger partial charge in [-0.3, -0.25) is 19.6 Å². The molecule has 0 spiro atoms. The molecule has 0 unspecified atom stereocenters. The molecule has 7 rings (SSSR count). The van der Waals surface area contributed by atoms with E-state index in [1.165, 1.54) is 29.0 Å². The Balaban J connectivity index is 1.29. The summed E-state index contributed by atoms with van der Waals surface area (Å²) < 4.78 is 14.4. The van der Waals surface area contributed by atoms with E-state index in [0.717, 1.165) is 44.9 Å². The van der Waals surface area contributed by atoms with Gasteiger partial charge in [0.05, 0.1) is 33.3 Å². The number of aromatic nitrogens is 3. The van der Waals surface area contributed by atoms with Gasteiger partial charge in [-0.05, 0) is 84.9 Å². The Kier molecular flexibility index (Phi) is 7.98. The van der Waals surface area contributed by atoms with Crippen molar-refractivity contribution in [1.82, 2.24) is 20.3 Å². The van der Waals surface area contributed by atoms with E-state index in [1.54, 1.807) is 18.3 Å². The normalized spacial score (nSPS) is 17.2. The summed E-state index contributed by atoms with van der Waals surface area (Å²) in [7, 11) is 0. The lowest BCUT2D eigenvalue weighted by Crippen LogP contribution is -2.43. The largest absolute Gasteiger partial charge is 0.366 e. The molecule has 1 aliphatic heterocycles. The van der Waals surface area contributed by atoms with Gasteiger partial charge in [-0.25, -0.2) is 9.37 Å². The van der Waals surface area contributed by atoms with Crippen LogP contribution in [0.1, 0.15) is 81.7 Å². The van der Waals surface area contributed by atoms with Crippen molar-refractivity contribution in [2.45, 2.75) is 64.5 Å². The zero-order valence-electron chi connectivity index (χ0n) is 25.8. The molecular formula is C36H35FN6O2S. The zero-order chi connectivity index (χ0) is 31.9. The van der Waals surface area contributed by atoms with Crippen LogP contribution in [0.25, 0.3) is 20.5 Å². The van der Waals surface area contributed by atoms with Gasteiger partial charge in [0, 0.05) is 41.0 Å². The molecule has 46 heavy (non-hydrogen) atoms. The first-order valence-corrected chi connectivity index (χ1v) is 16.6. The molecule has 2 atom stereocenters. The highest BCUT2D eigenvalue weighted by atomic mass is 32.1. The molecule has 10 heteroatoms. The summed E-state index contributed by atoms with van der Waals surface area (Å²) in [6.07, 6.45) is 7.87. The Bertz CT molecular complexity index is 1970. The van der Waals surface area contributed by atoms with Gasteiger partial charge < -0.3 is 16.4 Å². The van der Waals surface area contributed by atoms with Crippen molar-refractivity contribution in [2.75, 3.05) is 5.32 Å². The van der Waals surface area contributed by atoms with Crippen molar-refractivity contribution in [3.8, 4) is 10.4 Å². The fraction of sp³-hybridized carbons (Fsp3) is 0.306. The second kappa shape index (κ2) is 12.2. The molecule has 5 aromatic rings. The standard InChI is InChI=1S/C36H35FN6O2S/c1-19(2)16-27-30(34(38)44)32(31-28(42-27)18-23(41-36(31)45)10-7-20-5-8-22(37)9-6-20)29-17-21-13-15-40-35(33(21)46-29)43-26-12-11-25-24(26)4-3-14-39-25/h3-6,8-9,13-15,17,19,23,26H,7,10-12,16,18H2,1-2H3,(H2,38,44)(H,40,43)(H,41,45)/t23-,26+/m1/s1. The molecular weight excluding hydrogens is 600 g/mol. The molecule has 1 aliphatic carbocycles. The molecule has 2 aliphatic rings. The number of nitrogens with zero attached hydrogens (tertiary/aromatic N) is 3. The van der Waals surface area contributed by atoms with Crippen LogP contribution in [0.3, 0.4) is 0 Å². The van der Waals surface area contributed by atoms with Crippen LogP contribution in [-0.2, 0) is 25.7 Å². The lowest BCUT2D eigenvalue weighted by Gasteiger charge is -2.28. The number of fused-ring (bicyclic) bond motifs is 3. The van der Waals surface area contributed by atoms with Gasteiger partial charge in [0.15, 0.2) is 0 Å². The number of aryl methyl sites for hydroxylation is 2. The third-order valence-electron chi connectivity index (χ3n) is 8.85. The summed E-state index contributed by atoms with van der Waals surface area (Å²) in [5.74, 6) is -0.169. The first-order chi connectivity index (χ1) is 22.2. The number of primary amides is 1. The molecule has 2 amide bonds. The summed E-state index contributed by atoms with van der Waals surface area (Å²) in [6.45, 7) is 4.15. The number of amides is 2. The van der Waals surface area contributed by atoms with E-state index in [9.17, 15) is 14.0 Å². The van der Waals surface area contributed by atoms with Crippen LogP contribution in [0, 0.1) is 11.7 Å². The van der Waals surface area contributed by atoms with Crippen molar-refractivity contribution in [1.29, 1.82) is 0 Å². The number of rotatable bonds is 9. The molecule has 1 aromatic carbocycles. The van der Waals surface area contributed by atoms with Crippen LogP contribution in [0.2, 0.25) is 0 Å². The van der Waals surface area contributed by atoms with Crippen LogP contribution in [0.5, 0.6) is 0 Å². The molecule has 5 heterocycles. The number of hydrogen-bond acceptors (Lipinski definition) is 7. The predicted octanol–water partition coefficient (Wildman–Crippen LogP) is 6.58. The lowest BCUT2D eigenvalue weighted by atomic mass is 9.87. The van der Waals surface area contributed by atoms with Crippen molar-refractivity contribution in [2.24, 2.45) is 11.7 Å². The van der Waals surface area contributed by atoms with E-state index >= 15 is 0 Å².